The number of hydrogen-bond donors (Lipinski definition) is 0. The van der Waals surface area contributed by atoms with Gasteiger partial charge in [0.15, 0.2) is 0 Å². The summed E-state index contributed by atoms with van der Waals surface area (Å²) in [5, 5.41) is 14.6. The molecule has 3 aromatic rings. The molecule has 0 bridgehead atoms. The van der Waals surface area contributed by atoms with Crippen molar-refractivity contribution in [3.05, 3.63) is 81.5 Å². The first-order valence-electron chi connectivity index (χ1n) is 12.6. The number of methoxy groups -OCH3 is 1. The number of para-hydroxylation sites is 1. The lowest BCUT2D eigenvalue weighted by atomic mass is 9.93. The summed E-state index contributed by atoms with van der Waals surface area (Å²) in [5.74, 6) is -1.01. The lowest BCUT2D eigenvalue weighted by Crippen LogP contribution is -2.44. The minimum Gasteiger partial charge on any atom is -0.496 e. The fourth-order valence-corrected chi connectivity index (χ4v) is 4.78. The van der Waals surface area contributed by atoms with Gasteiger partial charge in [0, 0.05) is 29.8 Å². The van der Waals surface area contributed by atoms with Crippen LogP contribution in [0, 0.1) is 11.3 Å². The van der Waals surface area contributed by atoms with Gasteiger partial charge in [-0.25, -0.2) is 4.68 Å². The van der Waals surface area contributed by atoms with Crippen LogP contribution in [0.5, 0.6) is 5.75 Å². The summed E-state index contributed by atoms with van der Waals surface area (Å²) in [6.07, 6.45) is 3.44. The highest BCUT2D eigenvalue weighted by Gasteiger charge is 2.35. The Morgan fingerprint density at radius 3 is 2.51 bits per heavy atom. The zero-order chi connectivity index (χ0) is 29.5. The summed E-state index contributed by atoms with van der Waals surface area (Å²) < 4.78 is 18.0. The highest BCUT2D eigenvalue weighted by Crippen LogP contribution is 2.34. The Kier molecular flexibility index (Phi) is 9.49. The Morgan fingerprint density at radius 1 is 1.10 bits per heavy atom. The molecule has 10 nitrogen and oxygen atoms in total. The van der Waals surface area contributed by atoms with Crippen LogP contribution >= 0.6 is 15.9 Å². The number of ether oxygens (including phenoxy) is 3. The van der Waals surface area contributed by atoms with Gasteiger partial charge in [-0.3, -0.25) is 19.3 Å². The molecule has 0 fully saturated rings. The molecule has 1 aliphatic rings. The number of aromatic nitrogens is 2. The molecule has 0 spiro atoms. The SMILES string of the molecule is COc1ccc(-c2nn(-c3ccccc3)cc2/C=C2/C(=O)N(CCOCCOC(C)=O)C(=O)C(C#N)=C2C)cc1Br. The van der Waals surface area contributed by atoms with E-state index in [-0.39, 0.29) is 43.1 Å². The quantitative estimate of drug-likeness (QED) is 0.141. The minimum absolute atomic E-state index is 0.0147. The van der Waals surface area contributed by atoms with E-state index in [0.717, 1.165) is 20.6 Å². The topological polar surface area (TPSA) is 124 Å². The van der Waals surface area contributed by atoms with Gasteiger partial charge in [-0.05, 0) is 64.8 Å². The highest BCUT2D eigenvalue weighted by molar-refractivity contribution is 9.10. The third-order valence-electron chi connectivity index (χ3n) is 6.31. The van der Waals surface area contributed by atoms with E-state index in [1.165, 1.54) is 6.92 Å². The molecule has 0 atom stereocenters. The van der Waals surface area contributed by atoms with Gasteiger partial charge in [-0.1, -0.05) is 18.2 Å². The molecule has 210 valence electrons. The van der Waals surface area contributed by atoms with Crippen molar-refractivity contribution < 1.29 is 28.6 Å². The number of rotatable bonds is 10. The number of carbonyl (C=O) groups is 3. The normalized spacial score (nSPS) is 14.4. The number of amides is 2. The number of nitrogens with zero attached hydrogens (tertiary/aromatic N) is 4. The van der Waals surface area contributed by atoms with Crippen molar-refractivity contribution >= 4 is 39.8 Å². The molecule has 0 N–H and O–H groups in total. The van der Waals surface area contributed by atoms with Gasteiger partial charge >= 0.3 is 5.97 Å². The van der Waals surface area contributed by atoms with Crippen molar-refractivity contribution in [3.8, 4) is 28.8 Å². The molecule has 11 heteroatoms. The second-order valence-corrected chi connectivity index (χ2v) is 9.80. The van der Waals surface area contributed by atoms with Crippen molar-refractivity contribution in [1.29, 1.82) is 5.26 Å². The van der Waals surface area contributed by atoms with Crippen LogP contribution in [0.1, 0.15) is 19.4 Å². The molecular weight excluding hydrogens is 592 g/mol. The Hall–Kier alpha value is -4.53. The van der Waals surface area contributed by atoms with Crippen LogP contribution < -0.4 is 4.74 Å². The van der Waals surface area contributed by atoms with Crippen LogP contribution in [0.25, 0.3) is 23.0 Å². The van der Waals surface area contributed by atoms with Crippen LogP contribution in [-0.2, 0) is 23.9 Å². The molecule has 0 aliphatic carbocycles. The maximum atomic E-state index is 13.6. The number of halogens is 1. The summed E-state index contributed by atoms with van der Waals surface area (Å²) >= 11 is 3.52. The van der Waals surface area contributed by atoms with Crippen LogP contribution in [0.15, 0.2) is 75.9 Å². The van der Waals surface area contributed by atoms with Gasteiger partial charge in [0.05, 0.1) is 37.0 Å². The van der Waals surface area contributed by atoms with Crippen molar-refractivity contribution in [2.45, 2.75) is 13.8 Å². The summed E-state index contributed by atoms with van der Waals surface area (Å²) in [6.45, 7) is 2.98. The van der Waals surface area contributed by atoms with E-state index in [1.807, 2.05) is 54.6 Å². The average Bonchev–Trinajstić information content (AvgIpc) is 3.39. The first kappa shape index (κ1) is 29.5. The van der Waals surface area contributed by atoms with E-state index in [2.05, 4.69) is 15.9 Å². The second kappa shape index (κ2) is 13.2. The Balaban J connectivity index is 1.73. The third-order valence-corrected chi connectivity index (χ3v) is 6.93. The van der Waals surface area contributed by atoms with E-state index >= 15 is 0 Å². The predicted octanol–water partition coefficient (Wildman–Crippen LogP) is 4.48. The van der Waals surface area contributed by atoms with E-state index in [1.54, 1.807) is 31.0 Å². The third kappa shape index (κ3) is 6.62. The van der Waals surface area contributed by atoms with Crippen molar-refractivity contribution in [1.82, 2.24) is 14.7 Å². The maximum absolute atomic E-state index is 13.6. The van der Waals surface area contributed by atoms with E-state index < -0.39 is 17.8 Å². The van der Waals surface area contributed by atoms with Gasteiger partial charge in [-0.2, -0.15) is 10.4 Å². The van der Waals surface area contributed by atoms with Gasteiger partial charge in [0.1, 0.15) is 29.7 Å². The number of hydrogen-bond acceptors (Lipinski definition) is 8. The van der Waals surface area contributed by atoms with Gasteiger partial charge in [0.2, 0.25) is 0 Å². The molecule has 0 radical (unpaired) electrons. The first-order valence-corrected chi connectivity index (χ1v) is 13.4. The molecule has 0 unspecified atom stereocenters. The lowest BCUT2D eigenvalue weighted by molar-refractivity contribution is -0.142. The Bertz CT molecular complexity index is 1590. The van der Waals surface area contributed by atoms with Crippen molar-refractivity contribution in [2.24, 2.45) is 0 Å². The van der Waals surface area contributed by atoms with Crippen LogP contribution in [0.3, 0.4) is 0 Å². The smallest absolute Gasteiger partial charge is 0.302 e. The van der Waals surface area contributed by atoms with Crippen molar-refractivity contribution in [3.63, 3.8) is 0 Å². The van der Waals surface area contributed by atoms with Gasteiger partial charge in [0.25, 0.3) is 11.8 Å². The Morgan fingerprint density at radius 2 is 1.85 bits per heavy atom. The standard InChI is InChI=1S/C30H27BrN4O6/c1-19-24(29(37)34(30(38)25(19)17-32)11-12-40-13-14-41-20(2)36)15-22-18-35(23-7-5-4-6-8-23)33-28(22)21-9-10-27(39-3)26(31)16-21/h4-10,15-16,18H,11-14H2,1-3H3/b24-15+. The summed E-state index contributed by atoms with van der Waals surface area (Å²) in [4.78, 5) is 38.5. The number of benzene rings is 2. The zero-order valence-electron chi connectivity index (χ0n) is 22.7. The van der Waals surface area contributed by atoms with E-state index in [4.69, 9.17) is 19.3 Å². The summed E-state index contributed by atoms with van der Waals surface area (Å²) in [5.41, 5.74) is 3.12. The molecule has 4 rings (SSSR count). The lowest BCUT2D eigenvalue weighted by Gasteiger charge is -2.27. The first-order chi connectivity index (χ1) is 19.7. The fourth-order valence-electron chi connectivity index (χ4n) is 4.23. The number of nitriles is 1. The van der Waals surface area contributed by atoms with E-state index in [9.17, 15) is 19.6 Å². The number of imide groups is 1. The average molecular weight is 619 g/mol. The highest BCUT2D eigenvalue weighted by atomic mass is 79.9. The molecule has 0 saturated carbocycles. The van der Waals surface area contributed by atoms with Gasteiger partial charge in [-0.15, -0.1) is 0 Å². The molecular formula is C30H27BrN4O6. The van der Waals surface area contributed by atoms with Gasteiger partial charge < -0.3 is 14.2 Å². The largest absolute Gasteiger partial charge is 0.496 e. The molecule has 1 aromatic heterocycles. The molecule has 41 heavy (non-hydrogen) atoms. The molecule has 2 aromatic carbocycles. The number of esters is 1. The summed E-state index contributed by atoms with van der Waals surface area (Å²) in [7, 11) is 1.58. The molecule has 1 aliphatic heterocycles. The molecule has 2 heterocycles. The maximum Gasteiger partial charge on any atom is 0.302 e. The van der Waals surface area contributed by atoms with Crippen molar-refractivity contribution in [2.75, 3.05) is 33.5 Å². The number of carbonyl (C=O) groups excluding carboxylic acids is 3. The van der Waals surface area contributed by atoms with E-state index in [0.29, 0.717) is 17.0 Å². The summed E-state index contributed by atoms with van der Waals surface area (Å²) in [6, 6.07) is 17.0. The zero-order valence-corrected chi connectivity index (χ0v) is 24.3. The Labute approximate surface area is 245 Å². The monoisotopic (exact) mass is 618 g/mol. The fraction of sp³-hybridized carbons (Fsp3) is 0.233. The minimum atomic E-state index is -0.685. The van der Waals surface area contributed by atoms with Crippen LogP contribution in [0.4, 0.5) is 0 Å². The van der Waals surface area contributed by atoms with Crippen LogP contribution in [0.2, 0.25) is 0 Å². The molecule has 2 amide bonds. The second-order valence-electron chi connectivity index (χ2n) is 8.95. The molecule has 0 saturated heterocycles. The van der Waals surface area contributed by atoms with Crippen LogP contribution in [-0.4, -0.2) is 65.9 Å². The predicted molar refractivity (Wildman–Crippen MR) is 154 cm³/mol.